The summed E-state index contributed by atoms with van der Waals surface area (Å²) in [6.07, 6.45) is 13.8. The molecule has 1 N–H and O–H groups in total. The molecule has 4 aliphatic rings. The van der Waals surface area contributed by atoms with Crippen LogP contribution in [0.3, 0.4) is 0 Å². The molecule has 144 valence electrons. The minimum absolute atomic E-state index is 0.148. The van der Waals surface area contributed by atoms with Crippen LogP contribution >= 0.6 is 0 Å². The fraction of sp³-hybridized carbons (Fsp3) is 0.792. The normalized spacial score (nSPS) is 39.7. The SMILES string of the molecule is CC(C)(C)NC(=O)C1=C2[C@@H](CCC3=CCCC[C@@]32C)[C@@H]2CCC[C@@]2(C)C1. The lowest BCUT2D eigenvalue weighted by Crippen LogP contribution is -2.48. The first kappa shape index (κ1) is 18.3. The molecule has 2 fully saturated rings. The van der Waals surface area contributed by atoms with Gasteiger partial charge in [0.05, 0.1) is 0 Å². The Bertz CT molecular complexity index is 679. The Morgan fingerprint density at radius 3 is 2.65 bits per heavy atom. The zero-order chi connectivity index (χ0) is 18.7. The highest BCUT2D eigenvalue weighted by molar-refractivity contribution is 5.95. The first-order chi connectivity index (χ1) is 12.1. The lowest BCUT2D eigenvalue weighted by Gasteiger charge is -2.54. The number of carbonyl (C=O) groups is 1. The molecule has 0 unspecified atom stereocenters. The van der Waals surface area contributed by atoms with E-state index < -0.39 is 0 Å². The van der Waals surface area contributed by atoms with Gasteiger partial charge in [0, 0.05) is 16.5 Å². The van der Waals surface area contributed by atoms with Crippen molar-refractivity contribution in [2.24, 2.45) is 22.7 Å². The van der Waals surface area contributed by atoms with E-state index >= 15 is 0 Å². The minimum Gasteiger partial charge on any atom is -0.348 e. The van der Waals surface area contributed by atoms with Crippen LogP contribution in [0.1, 0.15) is 92.4 Å². The number of nitrogens with one attached hydrogen (secondary N) is 1. The van der Waals surface area contributed by atoms with E-state index in [4.69, 9.17) is 0 Å². The summed E-state index contributed by atoms with van der Waals surface area (Å²) < 4.78 is 0. The van der Waals surface area contributed by atoms with Gasteiger partial charge in [-0.05, 0) is 95.0 Å². The van der Waals surface area contributed by atoms with Crippen molar-refractivity contribution < 1.29 is 4.79 Å². The van der Waals surface area contributed by atoms with Crippen LogP contribution in [0.5, 0.6) is 0 Å². The molecule has 2 nitrogen and oxygen atoms in total. The summed E-state index contributed by atoms with van der Waals surface area (Å²) >= 11 is 0. The van der Waals surface area contributed by atoms with Gasteiger partial charge in [-0.15, -0.1) is 0 Å². The zero-order valence-corrected chi connectivity index (χ0v) is 17.5. The van der Waals surface area contributed by atoms with Crippen molar-refractivity contribution in [1.29, 1.82) is 0 Å². The molecule has 0 heterocycles. The van der Waals surface area contributed by atoms with Gasteiger partial charge in [-0.2, -0.15) is 0 Å². The lowest BCUT2D eigenvalue weighted by molar-refractivity contribution is -0.119. The molecule has 0 aromatic carbocycles. The van der Waals surface area contributed by atoms with Crippen molar-refractivity contribution in [3.8, 4) is 0 Å². The molecule has 0 bridgehead atoms. The largest absolute Gasteiger partial charge is 0.348 e. The highest BCUT2D eigenvalue weighted by Gasteiger charge is 2.55. The molecule has 0 spiro atoms. The van der Waals surface area contributed by atoms with Gasteiger partial charge in [0.15, 0.2) is 0 Å². The maximum absolute atomic E-state index is 13.4. The summed E-state index contributed by atoms with van der Waals surface area (Å²) in [5.74, 6) is 1.65. The van der Waals surface area contributed by atoms with Gasteiger partial charge in [0.25, 0.3) is 0 Å². The van der Waals surface area contributed by atoms with Crippen LogP contribution in [0, 0.1) is 22.7 Å². The van der Waals surface area contributed by atoms with Crippen molar-refractivity contribution in [1.82, 2.24) is 5.32 Å². The molecule has 0 aromatic heterocycles. The summed E-state index contributed by atoms with van der Waals surface area (Å²) in [5, 5.41) is 3.32. The first-order valence-electron chi connectivity index (χ1n) is 10.9. The second kappa shape index (κ2) is 5.97. The van der Waals surface area contributed by atoms with Crippen molar-refractivity contribution in [3.05, 3.63) is 22.8 Å². The highest BCUT2D eigenvalue weighted by atomic mass is 16.1. The van der Waals surface area contributed by atoms with E-state index in [9.17, 15) is 4.79 Å². The third kappa shape index (κ3) is 2.79. The Morgan fingerprint density at radius 1 is 1.15 bits per heavy atom. The molecule has 0 saturated heterocycles. The summed E-state index contributed by atoms with van der Waals surface area (Å²) in [6.45, 7) is 11.2. The predicted octanol–water partition coefficient (Wildman–Crippen LogP) is 5.93. The topological polar surface area (TPSA) is 29.1 Å². The molecule has 1 amide bonds. The molecular weight excluding hydrogens is 318 g/mol. The summed E-state index contributed by atoms with van der Waals surface area (Å²) in [7, 11) is 0. The van der Waals surface area contributed by atoms with E-state index in [-0.39, 0.29) is 16.9 Å². The van der Waals surface area contributed by atoms with Crippen LogP contribution < -0.4 is 5.32 Å². The van der Waals surface area contributed by atoms with Gasteiger partial charge in [0.2, 0.25) is 5.91 Å². The van der Waals surface area contributed by atoms with Crippen LogP contribution in [0.4, 0.5) is 0 Å². The van der Waals surface area contributed by atoms with Crippen LogP contribution in [0.25, 0.3) is 0 Å². The standard InChI is InChI=1S/C24H37NO/c1-22(2,3)25-21(26)18-15-23(4)13-8-10-19(23)17-12-11-16-9-6-7-14-24(16,5)20(17)18/h9,17,19H,6-8,10-15H2,1-5H3,(H,25,26)/t17-,19-,23-,24-/m0/s1. The first-order valence-corrected chi connectivity index (χ1v) is 10.9. The third-order valence-corrected chi connectivity index (χ3v) is 7.98. The number of carbonyl (C=O) groups excluding carboxylic acids is 1. The zero-order valence-electron chi connectivity index (χ0n) is 17.5. The number of allylic oxidation sites excluding steroid dienone is 3. The van der Waals surface area contributed by atoms with E-state index in [1.54, 1.807) is 11.1 Å². The summed E-state index contributed by atoms with van der Waals surface area (Å²) in [5.41, 5.74) is 4.67. The highest BCUT2D eigenvalue weighted by Crippen LogP contribution is 2.64. The van der Waals surface area contributed by atoms with E-state index in [0.29, 0.717) is 11.3 Å². The Labute approximate surface area is 159 Å². The summed E-state index contributed by atoms with van der Waals surface area (Å²) in [4.78, 5) is 13.4. The van der Waals surface area contributed by atoms with E-state index in [0.717, 1.165) is 12.3 Å². The average Bonchev–Trinajstić information content (AvgIpc) is 2.93. The Balaban J connectivity index is 1.85. The van der Waals surface area contributed by atoms with Crippen LogP contribution in [0.15, 0.2) is 22.8 Å². The van der Waals surface area contributed by atoms with Gasteiger partial charge >= 0.3 is 0 Å². The number of fused-ring (bicyclic) bond motifs is 5. The maximum Gasteiger partial charge on any atom is 0.247 e. The molecule has 4 aliphatic carbocycles. The van der Waals surface area contributed by atoms with E-state index in [1.165, 1.54) is 56.9 Å². The number of amides is 1. The van der Waals surface area contributed by atoms with Crippen LogP contribution in [0.2, 0.25) is 0 Å². The molecule has 4 rings (SSSR count). The number of hydrogen-bond acceptors (Lipinski definition) is 1. The number of hydrogen-bond donors (Lipinski definition) is 1. The fourth-order valence-corrected chi connectivity index (χ4v) is 6.91. The van der Waals surface area contributed by atoms with Gasteiger partial charge in [-0.3, -0.25) is 4.79 Å². The minimum atomic E-state index is -0.172. The summed E-state index contributed by atoms with van der Waals surface area (Å²) in [6, 6.07) is 0. The van der Waals surface area contributed by atoms with Crippen LogP contribution in [-0.2, 0) is 4.79 Å². The third-order valence-electron chi connectivity index (χ3n) is 7.98. The molecule has 0 aromatic rings. The second-order valence-corrected chi connectivity index (χ2v) is 11.0. The van der Waals surface area contributed by atoms with Gasteiger partial charge in [-0.25, -0.2) is 0 Å². The molecule has 0 aliphatic heterocycles. The van der Waals surface area contributed by atoms with Crippen LogP contribution in [-0.4, -0.2) is 11.4 Å². The lowest BCUT2D eigenvalue weighted by atomic mass is 9.50. The van der Waals surface area contributed by atoms with E-state index in [1.807, 2.05) is 0 Å². The fourth-order valence-electron chi connectivity index (χ4n) is 6.91. The van der Waals surface area contributed by atoms with Crippen molar-refractivity contribution in [3.63, 3.8) is 0 Å². The monoisotopic (exact) mass is 355 g/mol. The molecule has 0 radical (unpaired) electrons. The average molecular weight is 356 g/mol. The number of rotatable bonds is 1. The Kier molecular flexibility index (Phi) is 4.21. The Morgan fingerprint density at radius 2 is 1.92 bits per heavy atom. The molecule has 2 heteroatoms. The maximum atomic E-state index is 13.4. The van der Waals surface area contributed by atoms with E-state index in [2.05, 4.69) is 46.0 Å². The van der Waals surface area contributed by atoms with Gasteiger partial charge in [-0.1, -0.05) is 31.9 Å². The molecule has 2 saturated carbocycles. The smallest absolute Gasteiger partial charge is 0.247 e. The molecule has 4 atom stereocenters. The van der Waals surface area contributed by atoms with Gasteiger partial charge < -0.3 is 5.32 Å². The predicted molar refractivity (Wildman–Crippen MR) is 108 cm³/mol. The molecular formula is C24H37NO. The second-order valence-electron chi connectivity index (χ2n) is 11.0. The molecule has 26 heavy (non-hydrogen) atoms. The van der Waals surface area contributed by atoms with Crippen molar-refractivity contribution in [2.45, 2.75) is 97.9 Å². The van der Waals surface area contributed by atoms with Crippen molar-refractivity contribution in [2.75, 3.05) is 0 Å². The Hall–Kier alpha value is -1.05. The van der Waals surface area contributed by atoms with Crippen molar-refractivity contribution >= 4 is 5.91 Å². The quantitative estimate of drug-likeness (QED) is 0.580. The van der Waals surface area contributed by atoms with Gasteiger partial charge in [0.1, 0.15) is 0 Å².